The number of aromatic nitrogens is 2. The number of nitrogens with zero attached hydrogens (tertiary/aromatic N) is 3. The van der Waals surface area contributed by atoms with Gasteiger partial charge < -0.3 is 15.0 Å². The van der Waals surface area contributed by atoms with E-state index in [-0.39, 0.29) is 11.6 Å². The van der Waals surface area contributed by atoms with Crippen molar-refractivity contribution in [2.75, 3.05) is 39.2 Å². The molecule has 2 amide bonds. The third-order valence-corrected chi connectivity index (χ3v) is 5.72. The van der Waals surface area contributed by atoms with Crippen LogP contribution in [0.5, 0.6) is 0 Å². The molecule has 7 heteroatoms. The summed E-state index contributed by atoms with van der Waals surface area (Å²) in [5.74, 6) is 1.34. The quantitative estimate of drug-likeness (QED) is 0.764. The van der Waals surface area contributed by atoms with Crippen LogP contribution in [0.2, 0.25) is 0 Å². The van der Waals surface area contributed by atoms with Crippen LogP contribution in [-0.4, -0.2) is 60.1 Å². The molecule has 0 aromatic carbocycles. The van der Waals surface area contributed by atoms with Crippen LogP contribution in [0.25, 0.3) is 0 Å². The van der Waals surface area contributed by atoms with E-state index >= 15 is 0 Å². The molecule has 2 N–H and O–H groups in total. The Hall–Kier alpha value is -1.86. The highest BCUT2D eigenvalue weighted by atomic mass is 16.5. The van der Waals surface area contributed by atoms with Gasteiger partial charge in [0.15, 0.2) is 0 Å². The molecule has 2 heterocycles. The lowest BCUT2D eigenvalue weighted by molar-refractivity contribution is -0.00553. The first-order chi connectivity index (χ1) is 12.6. The lowest BCUT2D eigenvalue weighted by Crippen LogP contribution is -2.56. The summed E-state index contributed by atoms with van der Waals surface area (Å²) in [5.41, 5.74) is -0.0374. The first-order valence-electron chi connectivity index (χ1n) is 9.56. The maximum atomic E-state index is 12.4. The summed E-state index contributed by atoms with van der Waals surface area (Å²) in [4.78, 5) is 14.6. The molecule has 1 unspecified atom stereocenters. The average molecular weight is 361 g/mol. The van der Waals surface area contributed by atoms with Crippen LogP contribution in [0.1, 0.15) is 32.1 Å². The third-order valence-electron chi connectivity index (χ3n) is 5.72. The molecule has 1 aromatic heterocycles. The van der Waals surface area contributed by atoms with Crippen molar-refractivity contribution in [2.45, 2.75) is 44.2 Å². The molecule has 1 aliphatic carbocycles. The second-order valence-electron chi connectivity index (χ2n) is 7.59. The smallest absolute Gasteiger partial charge is 0.320 e. The van der Waals surface area contributed by atoms with Crippen LogP contribution in [0.15, 0.2) is 24.4 Å². The fourth-order valence-corrected chi connectivity index (χ4v) is 3.79. The van der Waals surface area contributed by atoms with Gasteiger partial charge in [0.2, 0.25) is 0 Å². The van der Waals surface area contributed by atoms with Gasteiger partial charge in [-0.1, -0.05) is 12.2 Å². The van der Waals surface area contributed by atoms with Gasteiger partial charge in [0.1, 0.15) is 5.82 Å². The minimum Gasteiger partial charge on any atom is -0.381 e. The number of hydrogen-bond donors (Lipinski definition) is 2. The molecular weight excluding hydrogens is 330 g/mol. The van der Waals surface area contributed by atoms with Crippen molar-refractivity contribution in [3.05, 3.63) is 24.4 Å². The minimum absolute atomic E-state index is 0.0374. The number of urea groups is 1. The number of rotatable bonds is 6. The topological polar surface area (TPSA) is 71.4 Å². The Bertz CT molecular complexity index is 619. The lowest BCUT2D eigenvalue weighted by atomic mass is 9.88. The summed E-state index contributed by atoms with van der Waals surface area (Å²) in [7, 11) is 4.14. The van der Waals surface area contributed by atoms with E-state index in [1.54, 1.807) is 6.20 Å². The van der Waals surface area contributed by atoms with Gasteiger partial charge in [0.25, 0.3) is 0 Å². The third kappa shape index (κ3) is 4.65. The number of amides is 2. The number of carbonyl (C=O) groups is 1. The Labute approximate surface area is 155 Å². The molecule has 0 spiro atoms. The lowest BCUT2D eigenvalue weighted by Gasteiger charge is -2.42. The molecule has 144 valence electrons. The zero-order valence-electron chi connectivity index (χ0n) is 15.9. The monoisotopic (exact) mass is 361 g/mol. The molecule has 26 heavy (non-hydrogen) atoms. The number of likely N-dealkylation sites (N-methyl/N-ethyl adjacent to an activating group) is 1. The molecule has 1 saturated heterocycles. The molecule has 0 radical (unpaired) electrons. The maximum absolute atomic E-state index is 12.4. The summed E-state index contributed by atoms with van der Waals surface area (Å²) < 4.78 is 7.39. The van der Waals surface area contributed by atoms with Crippen molar-refractivity contribution >= 4 is 11.8 Å². The summed E-state index contributed by atoms with van der Waals surface area (Å²) in [6, 6.07) is 1.68. The second-order valence-corrected chi connectivity index (χ2v) is 7.59. The summed E-state index contributed by atoms with van der Waals surface area (Å²) in [5, 5.41) is 10.4. The van der Waals surface area contributed by atoms with Gasteiger partial charge in [0, 0.05) is 37.9 Å². The highest BCUT2D eigenvalue weighted by Gasteiger charge is 2.35. The fraction of sp³-hybridized carbons (Fsp3) is 0.684. The summed E-state index contributed by atoms with van der Waals surface area (Å²) in [6.45, 7) is 2.93. The Kier molecular flexibility index (Phi) is 6.32. The van der Waals surface area contributed by atoms with Crippen molar-refractivity contribution < 1.29 is 9.53 Å². The number of ether oxygens (including phenoxy) is 1. The van der Waals surface area contributed by atoms with E-state index in [9.17, 15) is 4.79 Å². The second kappa shape index (κ2) is 8.68. The van der Waals surface area contributed by atoms with Gasteiger partial charge in [-0.25, -0.2) is 9.48 Å². The van der Waals surface area contributed by atoms with E-state index in [1.165, 1.54) is 6.42 Å². The Morgan fingerprint density at radius 3 is 2.88 bits per heavy atom. The van der Waals surface area contributed by atoms with Crippen LogP contribution >= 0.6 is 0 Å². The van der Waals surface area contributed by atoms with Crippen molar-refractivity contribution in [1.29, 1.82) is 0 Å². The largest absolute Gasteiger partial charge is 0.381 e. The highest BCUT2D eigenvalue weighted by Crippen LogP contribution is 2.25. The van der Waals surface area contributed by atoms with E-state index in [2.05, 4.69) is 46.9 Å². The zero-order chi connectivity index (χ0) is 18.4. The first kappa shape index (κ1) is 18.9. The van der Waals surface area contributed by atoms with Crippen LogP contribution < -0.4 is 10.6 Å². The van der Waals surface area contributed by atoms with E-state index < -0.39 is 0 Å². The summed E-state index contributed by atoms with van der Waals surface area (Å²) in [6.07, 6.45) is 11.5. The van der Waals surface area contributed by atoms with Gasteiger partial charge in [0.05, 0.1) is 6.20 Å². The normalized spacial score (nSPS) is 22.3. The van der Waals surface area contributed by atoms with Crippen molar-refractivity contribution in [3.8, 4) is 0 Å². The van der Waals surface area contributed by atoms with Gasteiger partial charge in [-0.2, -0.15) is 5.10 Å². The van der Waals surface area contributed by atoms with E-state index in [0.29, 0.717) is 12.5 Å². The SMILES string of the molecule is CN(C)C1(CNC(=O)Nc2ccnn2CC2CC=CCC2)CCOCC1. The minimum atomic E-state index is -0.178. The van der Waals surface area contributed by atoms with E-state index in [0.717, 1.165) is 51.3 Å². The highest BCUT2D eigenvalue weighted by molar-refractivity contribution is 5.88. The summed E-state index contributed by atoms with van der Waals surface area (Å²) >= 11 is 0. The van der Waals surface area contributed by atoms with Crippen molar-refractivity contribution in [3.63, 3.8) is 0 Å². The van der Waals surface area contributed by atoms with Crippen molar-refractivity contribution in [1.82, 2.24) is 20.0 Å². The zero-order valence-corrected chi connectivity index (χ0v) is 15.9. The molecule has 1 atom stereocenters. The molecular formula is C19H31N5O2. The Morgan fingerprint density at radius 1 is 1.38 bits per heavy atom. The van der Waals surface area contributed by atoms with Gasteiger partial charge in [-0.05, 0) is 52.1 Å². The standard InChI is InChI=1S/C19H31N5O2/c1-23(2)19(9-12-26-13-10-19)15-20-18(25)22-17-8-11-21-24(17)14-16-6-4-3-5-7-16/h3-4,8,11,16H,5-7,9-10,12-15H2,1-2H3,(H2,20,22,25). The predicted molar refractivity (Wildman–Crippen MR) is 102 cm³/mol. The molecule has 1 fully saturated rings. The van der Waals surface area contributed by atoms with Crippen LogP contribution in [-0.2, 0) is 11.3 Å². The Balaban J connectivity index is 1.53. The first-order valence-corrected chi connectivity index (χ1v) is 9.56. The molecule has 1 aromatic rings. The molecule has 0 saturated carbocycles. The maximum Gasteiger partial charge on any atom is 0.320 e. The fourth-order valence-electron chi connectivity index (χ4n) is 3.79. The Morgan fingerprint density at radius 2 is 2.19 bits per heavy atom. The number of nitrogens with one attached hydrogen (secondary N) is 2. The van der Waals surface area contributed by atoms with Crippen molar-refractivity contribution in [2.24, 2.45) is 5.92 Å². The van der Waals surface area contributed by atoms with Gasteiger partial charge in [-0.3, -0.25) is 5.32 Å². The molecule has 1 aliphatic heterocycles. The van der Waals surface area contributed by atoms with Crippen LogP contribution in [0, 0.1) is 5.92 Å². The van der Waals surface area contributed by atoms with Gasteiger partial charge >= 0.3 is 6.03 Å². The molecule has 2 aliphatic rings. The number of allylic oxidation sites excluding steroid dienone is 2. The van der Waals surface area contributed by atoms with E-state index in [1.807, 2.05) is 10.7 Å². The molecule has 3 rings (SSSR count). The number of carbonyl (C=O) groups excluding carboxylic acids is 1. The molecule has 0 bridgehead atoms. The number of anilines is 1. The average Bonchev–Trinajstić information content (AvgIpc) is 3.08. The van der Waals surface area contributed by atoms with Crippen LogP contribution in [0.3, 0.4) is 0 Å². The van der Waals surface area contributed by atoms with Gasteiger partial charge in [-0.15, -0.1) is 0 Å². The number of hydrogen-bond acceptors (Lipinski definition) is 4. The predicted octanol–water partition coefficient (Wildman–Crippen LogP) is 2.47. The van der Waals surface area contributed by atoms with E-state index in [4.69, 9.17) is 4.74 Å². The van der Waals surface area contributed by atoms with Crippen LogP contribution in [0.4, 0.5) is 10.6 Å². The molecule has 7 nitrogen and oxygen atoms in total.